The van der Waals surface area contributed by atoms with Crippen molar-refractivity contribution in [3.05, 3.63) is 66.4 Å². The van der Waals surface area contributed by atoms with Crippen molar-refractivity contribution in [3.8, 4) is 5.69 Å². The van der Waals surface area contributed by atoms with Crippen LogP contribution in [0.4, 0.5) is 0 Å². The molecule has 0 aliphatic rings. The van der Waals surface area contributed by atoms with Gasteiger partial charge in [-0.3, -0.25) is 0 Å². The molecule has 0 spiro atoms. The number of hydrogen-bond acceptors (Lipinski definition) is 4. The predicted molar refractivity (Wildman–Crippen MR) is 64.1 cm³/mol. The van der Waals surface area contributed by atoms with Gasteiger partial charge in [-0.05, 0) is 18.2 Å². The van der Waals surface area contributed by atoms with Gasteiger partial charge in [-0.1, -0.05) is 23.4 Å². The smallest absolute Gasteiger partial charge is 0.126 e. The third-order valence-electron chi connectivity index (χ3n) is 2.72. The molecule has 1 unspecified atom stereocenters. The van der Waals surface area contributed by atoms with E-state index in [1.54, 1.807) is 16.9 Å². The number of rotatable bonds is 3. The third-order valence-corrected chi connectivity index (χ3v) is 2.72. The highest BCUT2D eigenvalue weighted by atomic mass is 16.3. The largest absolute Gasteiger partial charge is 0.472 e. The molecule has 0 amide bonds. The summed E-state index contributed by atoms with van der Waals surface area (Å²) in [6, 6.07) is 11.3. The normalized spacial score (nSPS) is 12.5. The van der Waals surface area contributed by atoms with Gasteiger partial charge in [-0.25, -0.2) is 4.68 Å². The molecule has 3 rings (SSSR count). The molecule has 0 bridgehead atoms. The molecule has 0 aliphatic carbocycles. The second-order valence-corrected chi connectivity index (χ2v) is 3.87. The van der Waals surface area contributed by atoms with E-state index in [-0.39, 0.29) is 0 Å². The molecular formula is C13H11N3O2. The Balaban J connectivity index is 2.02. The van der Waals surface area contributed by atoms with Crippen molar-refractivity contribution in [2.45, 2.75) is 6.10 Å². The number of para-hydroxylation sites is 1. The van der Waals surface area contributed by atoms with E-state index in [0.29, 0.717) is 11.3 Å². The first-order valence-corrected chi connectivity index (χ1v) is 5.52. The van der Waals surface area contributed by atoms with E-state index in [1.807, 2.05) is 30.3 Å². The van der Waals surface area contributed by atoms with Crippen molar-refractivity contribution in [3.63, 3.8) is 0 Å². The zero-order chi connectivity index (χ0) is 12.4. The van der Waals surface area contributed by atoms with Crippen molar-refractivity contribution < 1.29 is 9.52 Å². The molecule has 90 valence electrons. The van der Waals surface area contributed by atoms with Crippen LogP contribution in [0, 0.1) is 0 Å². The highest BCUT2D eigenvalue weighted by Gasteiger charge is 2.18. The average Bonchev–Trinajstić information content (AvgIpc) is 3.10. The number of aliphatic hydroxyl groups is 1. The predicted octanol–water partition coefficient (Wildman–Crippen LogP) is 1.94. The Labute approximate surface area is 103 Å². The van der Waals surface area contributed by atoms with Crippen molar-refractivity contribution in [2.24, 2.45) is 0 Å². The first-order valence-electron chi connectivity index (χ1n) is 5.52. The fourth-order valence-corrected chi connectivity index (χ4v) is 1.80. The van der Waals surface area contributed by atoms with Crippen molar-refractivity contribution in [1.82, 2.24) is 15.0 Å². The number of benzene rings is 1. The summed E-state index contributed by atoms with van der Waals surface area (Å²) < 4.78 is 6.58. The van der Waals surface area contributed by atoms with Crippen LogP contribution in [0.15, 0.2) is 59.5 Å². The molecule has 0 saturated carbocycles. The summed E-state index contributed by atoms with van der Waals surface area (Å²) in [6.45, 7) is 0. The highest BCUT2D eigenvalue weighted by Crippen LogP contribution is 2.23. The fraction of sp³-hybridized carbons (Fsp3) is 0.0769. The topological polar surface area (TPSA) is 64.1 Å². The van der Waals surface area contributed by atoms with Crippen LogP contribution in [-0.2, 0) is 0 Å². The van der Waals surface area contributed by atoms with E-state index in [4.69, 9.17) is 4.42 Å². The lowest BCUT2D eigenvalue weighted by Gasteiger charge is -2.10. The monoisotopic (exact) mass is 241 g/mol. The number of aliphatic hydroxyl groups excluding tert-OH is 1. The van der Waals surface area contributed by atoms with Crippen LogP contribution < -0.4 is 0 Å². The minimum Gasteiger partial charge on any atom is -0.472 e. The second kappa shape index (κ2) is 4.46. The number of aromatic nitrogens is 3. The molecule has 0 aliphatic heterocycles. The van der Waals surface area contributed by atoms with Crippen molar-refractivity contribution in [1.29, 1.82) is 0 Å². The lowest BCUT2D eigenvalue weighted by atomic mass is 10.1. The summed E-state index contributed by atoms with van der Waals surface area (Å²) >= 11 is 0. The Kier molecular flexibility index (Phi) is 2.66. The summed E-state index contributed by atoms with van der Waals surface area (Å²) in [7, 11) is 0. The second-order valence-electron chi connectivity index (χ2n) is 3.87. The molecule has 1 atom stereocenters. The molecule has 5 heteroatoms. The fourth-order valence-electron chi connectivity index (χ4n) is 1.80. The van der Waals surface area contributed by atoms with Gasteiger partial charge in [0.15, 0.2) is 0 Å². The third kappa shape index (κ3) is 1.80. The summed E-state index contributed by atoms with van der Waals surface area (Å²) in [4.78, 5) is 0. The Morgan fingerprint density at radius 1 is 1.17 bits per heavy atom. The molecule has 1 aromatic carbocycles. The Morgan fingerprint density at radius 2 is 2.00 bits per heavy atom. The van der Waals surface area contributed by atoms with E-state index >= 15 is 0 Å². The molecule has 0 radical (unpaired) electrons. The Morgan fingerprint density at radius 3 is 2.72 bits per heavy atom. The lowest BCUT2D eigenvalue weighted by molar-refractivity contribution is 0.211. The van der Waals surface area contributed by atoms with Crippen LogP contribution >= 0.6 is 0 Å². The number of hydrogen-bond donors (Lipinski definition) is 1. The minimum atomic E-state index is -0.807. The first kappa shape index (κ1) is 10.7. The first-order chi connectivity index (χ1) is 8.86. The molecular weight excluding hydrogens is 230 g/mol. The van der Waals surface area contributed by atoms with Crippen LogP contribution in [0.1, 0.15) is 17.4 Å². The summed E-state index contributed by atoms with van der Waals surface area (Å²) in [5.74, 6) is 0. The molecule has 0 saturated heterocycles. The van der Waals surface area contributed by atoms with Gasteiger partial charge in [0.1, 0.15) is 6.10 Å². The van der Waals surface area contributed by atoms with Crippen LogP contribution in [0.3, 0.4) is 0 Å². The maximum atomic E-state index is 10.3. The number of furan rings is 1. The molecule has 2 heterocycles. The maximum Gasteiger partial charge on any atom is 0.126 e. The standard InChI is InChI=1S/C13H11N3O2/c17-13(10-6-7-18-9-10)12-8-14-15-16(12)11-4-2-1-3-5-11/h1-9,13,17H. The molecule has 1 N–H and O–H groups in total. The van der Waals surface area contributed by atoms with Crippen molar-refractivity contribution in [2.75, 3.05) is 0 Å². The van der Waals surface area contributed by atoms with Crippen LogP contribution in [0.2, 0.25) is 0 Å². The lowest BCUT2D eigenvalue weighted by Crippen LogP contribution is -2.07. The average molecular weight is 241 g/mol. The van der Waals surface area contributed by atoms with Gasteiger partial charge < -0.3 is 9.52 Å². The van der Waals surface area contributed by atoms with E-state index in [2.05, 4.69) is 10.3 Å². The van der Waals surface area contributed by atoms with E-state index in [1.165, 1.54) is 12.5 Å². The maximum absolute atomic E-state index is 10.3. The van der Waals surface area contributed by atoms with Crippen LogP contribution in [0.5, 0.6) is 0 Å². The summed E-state index contributed by atoms with van der Waals surface area (Å²) in [5, 5.41) is 18.1. The van der Waals surface area contributed by atoms with Gasteiger partial charge in [0.05, 0.1) is 30.1 Å². The summed E-state index contributed by atoms with van der Waals surface area (Å²) in [6.07, 6.45) is 3.77. The zero-order valence-corrected chi connectivity index (χ0v) is 9.47. The van der Waals surface area contributed by atoms with Gasteiger partial charge in [0.2, 0.25) is 0 Å². The number of nitrogens with zero attached hydrogens (tertiary/aromatic N) is 3. The minimum absolute atomic E-state index is 0.600. The van der Waals surface area contributed by atoms with Gasteiger partial charge in [0, 0.05) is 5.56 Å². The molecule has 0 fully saturated rings. The van der Waals surface area contributed by atoms with Crippen LogP contribution in [-0.4, -0.2) is 20.1 Å². The van der Waals surface area contributed by atoms with E-state index in [0.717, 1.165) is 5.69 Å². The summed E-state index contributed by atoms with van der Waals surface area (Å²) in [5.41, 5.74) is 2.13. The van der Waals surface area contributed by atoms with E-state index < -0.39 is 6.10 Å². The zero-order valence-electron chi connectivity index (χ0n) is 9.47. The van der Waals surface area contributed by atoms with Gasteiger partial charge in [0.25, 0.3) is 0 Å². The molecule has 18 heavy (non-hydrogen) atoms. The molecule has 3 aromatic rings. The van der Waals surface area contributed by atoms with Crippen LogP contribution in [0.25, 0.3) is 5.69 Å². The molecule has 5 nitrogen and oxygen atoms in total. The Bertz CT molecular complexity index is 617. The van der Waals surface area contributed by atoms with Gasteiger partial charge in [-0.2, -0.15) is 0 Å². The van der Waals surface area contributed by atoms with Crippen molar-refractivity contribution >= 4 is 0 Å². The van der Waals surface area contributed by atoms with Gasteiger partial charge >= 0.3 is 0 Å². The molecule has 2 aromatic heterocycles. The SMILES string of the molecule is OC(c1ccoc1)c1cnnn1-c1ccccc1. The highest BCUT2D eigenvalue weighted by molar-refractivity contribution is 5.33. The van der Waals surface area contributed by atoms with Gasteiger partial charge in [-0.15, -0.1) is 5.10 Å². The Hall–Kier alpha value is -2.40. The van der Waals surface area contributed by atoms with E-state index in [9.17, 15) is 5.11 Å². The quantitative estimate of drug-likeness (QED) is 0.761.